The molecule has 5 rings (SSSR count). The summed E-state index contributed by atoms with van der Waals surface area (Å²) < 4.78 is 0. The van der Waals surface area contributed by atoms with E-state index in [1.54, 1.807) is 6.07 Å². The lowest BCUT2D eigenvalue weighted by molar-refractivity contribution is 0.178. The summed E-state index contributed by atoms with van der Waals surface area (Å²) in [5, 5.41) is 42.1. The minimum Gasteiger partial charge on any atom is -0.507 e. The zero-order valence-electron chi connectivity index (χ0n) is 27.8. The van der Waals surface area contributed by atoms with Crippen molar-refractivity contribution >= 4 is 12.6 Å². The molecule has 238 valence electrons. The lowest BCUT2D eigenvalue weighted by Crippen LogP contribution is -2.37. The van der Waals surface area contributed by atoms with Crippen molar-refractivity contribution in [3.05, 3.63) is 110 Å². The summed E-state index contributed by atoms with van der Waals surface area (Å²) in [6.07, 6.45) is 5.49. The van der Waals surface area contributed by atoms with E-state index in [1.807, 2.05) is 52.0 Å². The fourth-order valence-electron chi connectivity index (χ4n) is 7.46. The molecule has 4 N–H and O–H groups in total. The monoisotopic (exact) mass is 624 g/mol. The minimum absolute atomic E-state index is 0.0139. The molecule has 5 heteroatoms. The van der Waals surface area contributed by atoms with Crippen molar-refractivity contribution in [3.63, 3.8) is 0 Å². The number of aromatic hydroxyl groups is 4. The zero-order chi connectivity index (χ0) is 32.8. The maximum Gasteiger partial charge on any atom is 0.128 e. The van der Waals surface area contributed by atoms with Crippen LogP contribution in [0.4, 0.5) is 0 Å². The molecule has 0 bridgehead atoms. The Kier molecular flexibility index (Phi) is 8.98. The molecule has 4 nitrogen and oxygen atoms in total. The first-order chi connectivity index (χ1) is 21.1. The number of thiol groups is 1. The van der Waals surface area contributed by atoms with Crippen LogP contribution in [0.3, 0.4) is 0 Å². The second-order valence-corrected chi connectivity index (χ2v) is 14.9. The van der Waals surface area contributed by atoms with Crippen LogP contribution in [0.15, 0.2) is 59.5 Å². The summed E-state index contributed by atoms with van der Waals surface area (Å²) in [6.45, 7) is 14.9. The topological polar surface area (TPSA) is 80.9 Å². The molecular formula is C40H48O4S. The highest BCUT2D eigenvalue weighted by Crippen LogP contribution is 2.49. The fourth-order valence-corrected chi connectivity index (χ4v) is 7.70. The van der Waals surface area contributed by atoms with Gasteiger partial charge in [-0.15, -0.1) is 12.6 Å². The van der Waals surface area contributed by atoms with Gasteiger partial charge in [-0.3, -0.25) is 0 Å². The number of hydrogen-bond acceptors (Lipinski definition) is 5. The number of hydrogen-bond donors (Lipinski definition) is 5. The smallest absolute Gasteiger partial charge is 0.128 e. The number of rotatable bonds is 7. The van der Waals surface area contributed by atoms with Crippen LogP contribution in [0.1, 0.15) is 102 Å². The van der Waals surface area contributed by atoms with E-state index >= 15 is 0 Å². The molecule has 0 atom stereocenters. The molecular weight excluding hydrogens is 577 g/mol. The Hall–Kier alpha value is -3.57. The maximum atomic E-state index is 11.0. The van der Waals surface area contributed by atoms with Gasteiger partial charge in [0.05, 0.1) is 0 Å². The van der Waals surface area contributed by atoms with E-state index in [1.165, 1.54) is 11.1 Å². The van der Waals surface area contributed by atoms with Crippen molar-refractivity contribution in [2.45, 2.75) is 103 Å². The number of aryl methyl sites for hydroxylation is 4. The maximum absolute atomic E-state index is 11.0. The average Bonchev–Trinajstić information content (AvgIpc) is 2.98. The summed E-state index contributed by atoms with van der Waals surface area (Å²) in [5.41, 5.74) is 9.87. The van der Waals surface area contributed by atoms with E-state index in [0.717, 1.165) is 70.2 Å². The summed E-state index contributed by atoms with van der Waals surface area (Å²) in [6, 6.07) is 18.1. The van der Waals surface area contributed by atoms with Gasteiger partial charge in [0.15, 0.2) is 0 Å². The molecule has 0 aliphatic heterocycles. The lowest BCUT2D eigenvalue weighted by atomic mass is 9.60. The average molecular weight is 625 g/mol. The predicted molar refractivity (Wildman–Crippen MR) is 187 cm³/mol. The molecule has 0 spiro atoms. The third-order valence-electron chi connectivity index (χ3n) is 10.7. The van der Waals surface area contributed by atoms with Crippen molar-refractivity contribution in [3.8, 4) is 23.0 Å². The molecule has 1 fully saturated rings. The fraction of sp³-hybridized carbons (Fsp3) is 0.400. The number of phenolic OH excluding ortho intramolecular Hbond substituents is 4. The quantitative estimate of drug-likeness (QED) is 0.133. The molecule has 0 saturated heterocycles. The number of benzene rings is 4. The molecule has 4 aromatic rings. The van der Waals surface area contributed by atoms with E-state index < -0.39 is 0 Å². The Morgan fingerprint density at radius 3 is 1.82 bits per heavy atom. The Balaban J connectivity index is 1.36. The van der Waals surface area contributed by atoms with E-state index in [2.05, 4.69) is 57.7 Å². The Morgan fingerprint density at radius 1 is 0.689 bits per heavy atom. The van der Waals surface area contributed by atoms with Gasteiger partial charge < -0.3 is 20.4 Å². The summed E-state index contributed by atoms with van der Waals surface area (Å²) in [7, 11) is 0. The Bertz CT molecular complexity index is 1720. The molecule has 4 aromatic carbocycles. The van der Waals surface area contributed by atoms with Crippen molar-refractivity contribution in [2.24, 2.45) is 5.92 Å². The first-order valence-corrected chi connectivity index (χ1v) is 16.5. The first-order valence-electron chi connectivity index (χ1n) is 16.0. The lowest BCUT2D eigenvalue weighted by Gasteiger charge is -2.44. The third-order valence-corrected chi connectivity index (χ3v) is 11.0. The SMILES string of the molecule is Cc1cc(Cc2cc(C3(C)CCC(C(C)(C)c4cc(C)c(O)c(Cc5ccc(O)c(S)c5)c4)CC3)cc(C)c2O)cc(C)c1O. The highest BCUT2D eigenvalue weighted by molar-refractivity contribution is 7.80. The van der Waals surface area contributed by atoms with E-state index in [-0.39, 0.29) is 16.6 Å². The van der Waals surface area contributed by atoms with Crippen LogP contribution in [0.5, 0.6) is 23.0 Å². The summed E-state index contributed by atoms with van der Waals surface area (Å²) in [4.78, 5) is 0.534. The van der Waals surface area contributed by atoms with Crippen LogP contribution in [0, 0.1) is 33.6 Å². The molecule has 1 aliphatic carbocycles. The van der Waals surface area contributed by atoms with Crippen molar-refractivity contribution in [1.82, 2.24) is 0 Å². The highest BCUT2D eigenvalue weighted by atomic mass is 32.1. The largest absolute Gasteiger partial charge is 0.507 e. The molecule has 0 aromatic heterocycles. The van der Waals surface area contributed by atoms with Gasteiger partial charge in [0.1, 0.15) is 23.0 Å². The molecule has 0 amide bonds. The molecule has 0 radical (unpaired) electrons. The summed E-state index contributed by atoms with van der Waals surface area (Å²) in [5.74, 6) is 1.67. The Morgan fingerprint density at radius 2 is 1.22 bits per heavy atom. The molecule has 0 heterocycles. The second kappa shape index (κ2) is 12.3. The molecule has 45 heavy (non-hydrogen) atoms. The van der Waals surface area contributed by atoms with Crippen LogP contribution < -0.4 is 0 Å². The minimum atomic E-state index is -0.0805. The molecule has 1 saturated carbocycles. The standard InChI is InChI=1S/C40H48O4S/c1-23-14-28(15-24(2)36(23)42)19-30-22-33(17-26(4)38(30)44)40(7)12-10-31(11-13-40)39(5,6)32-16-25(3)37(43)29(21-32)18-27-8-9-34(41)35(45)20-27/h8-9,14-17,20-22,31,41-45H,10-13,18-19H2,1-7H3. The third kappa shape index (κ3) is 6.56. The van der Waals surface area contributed by atoms with E-state index in [4.69, 9.17) is 0 Å². The van der Waals surface area contributed by atoms with Gasteiger partial charge in [-0.25, -0.2) is 0 Å². The molecule has 1 aliphatic rings. The van der Waals surface area contributed by atoms with E-state index in [9.17, 15) is 20.4 Å². The predicted octanol–water partition coefficient (Wildman–Crippen LogP) is 9.64. The van der Waals surface area contributed by atoms with E-state index in [0.29, 0.717) is 40.9 Å². The van der Waals surface area contributed by atoms with Gasteiger partial charge in [0.25, 0.3) is 0 Å². The second-order valence-electron chi connectivity index (χ2n) is 14.4. The van der Waals surface area contributed by atoms with Crippen LogP contribution in [0.25, 0.3) is 0 Å². The van der Waals surface area contributed by atoms with Crippen molar-refractivity contribution in [1.29, 1.82) is 0 Å². The number of phenols is 4. The highest BCUT2D eigenvalue weighted by Gasteiger charge is 2.40. The van der Waals surface area contributed by atoms with Gasteiger partial charge in [-0.2, -0.15) is 0 Å². The van der Waals surface area contributed by atoms with Gasteiger partial charge in [0, 0.05) is 17.7 Å². The van der Waals surface area contributed by atoms with Gasteiger partial charge >= 0.3 is 0 Å². The normalized spacial score (nSPS) is 18.7. The van der Waals surface area contributed by atoms with Crippen LogP contribution >= 0.6 is 12.6 Å². The zero-order valence-corrected chi connectivity index (χ0v) is 28.6. The van der Waals surface area contributed by atoms with Gasteiger partial charge in [-0.05, 0) is 138 Å². The van der Waals surface area contributed by atoms with Crippen molar-refractivity contribution < 1.29 is 20.4 Å². The summed E-state index contributed by atoms with van der Waals surface area (Å²) >= 11 is 4.37. The van der Waals surface area contributed by atoms with Crippen molar-refractivity contribution in [2.75, 3.05) is 0 Å². The Labute approximate surface area is 274 Å². The van der Waals surface area contributed by atoms with Gasteiger partial charge in [0.2, 0.25) is 0 Å². The van der Waals surface area contributed by atoms with Crippen LogP contribution in [-0.2, 0) is 23.7 Å². The van der Waals surface area contributed by atoms with Crippen LogP contribution in [-0.4, -0.2) is 20.4 Å². The van der Waals surface area contributed by atoms with Gasteiger partial charge in [-0.1, -0.05) is 63.2 Å². The molecule has 0 unspecified atom stereocenters. The van der Waals surface area contributed by atoms with Crippen LogP contribution in [0.2, 0.25) is 0 Å². The first kappa shape index (κ1) is 32.8.